The van der Waals surface area contributed by atoms with E-state index in [1.807, 2.05) is 0 Å². The summed E-state index contributed by atoms with van der Waals surface area (Å²) in [4.78, 5) is 5.35. The third kappa shape index (κ3) is 3.69. The zero-order chi connectivity index (χ0) is 12.5. The van der Waals surface area contributed by atoms with E-state index >= 15 is 0 Å². The first kappa shape index (κ1) is 13.4. The second-order valence-corrected chi connectivity index (χ2v) is 7.25. The maximum Gasteiger partial charge on any atom is 0.0125 e. The molecule has 0 aromatic carbocycles. The van der Waals surface area contributed by atoms with Gasteiger partial charge in [-0.05, 0) is 71.5 Å². The van der Waals surface area contributed by atoms with Crippen molar-refractivity contribution in [2.75, 3.05) is 32.7 Å². The predicted molar refractivity (Wildman–Crippen MR) is 74.3 cm³/mol. The summed E-state index contributed by atoms with van der Waals surface area (Å²) in [7, 11) is 0. The van der Waals surface area contributed by atoms with Crippen LogP contribution in [-0.2, 0) is 0 Å². The molecule has 1 atom stereocenters. The minimum atomic E-state index is 0.368. The Labute approximate surface area is 107 Å². The molecule has 0 radical (unpaired) electrons. The fourth-order valence-corrected chi connectivity index (χ4v) is 3.34. The van der Waals surface area contributed by atoms with Crippen LogP contribution in [-0.4, -0.2) is 48.1 Å². The zero-order valence-corrected chi connectivity index (χ0v) is 12.2. The third-order valence-electron chi connectivity index (χ3n) is 4.59. The van der Waals surface area contributed by atoms with E-state index in [4.69, 9.17) is 0 Å². The Bertz CT molecular complexity index is 236. The molecule has 2 rings (SSSR count). The normalized spacial score (nSPS) is 30.0. The molecule has 2 heterocycles. The largest absolute Gasteiger partial charge is 0.303 e. The molecular weight excluding hydrogens is 208 g/mol. The Morgan fingerprint density at radius 3 is 2.12 bits per heavy atom. The van der Waals surface area contributed by atoms with Gasteiger partial charge in [-0.2, -0.15) is 0 Å². The van der Waals surface area contributed by atoms with E-state index in [1.165, 1.54) is 52.0 Å². The van der Waals surface area contributed by atoms with Crippen molar-refractivity contribution in [3.05, 3.63) is 0 Å². The topological polar surface area (TPSA) is 6.48 Å². The van der Waals surface area contributed by atoms with E-state index in [0.717, 1.165) is 11.8 Å². The zero-order valence-electron chi connectivity index (χ0n) is 12.2. The van der Waals surface area contributed by atoms with Gasteiger partial charge >= 0.3 is 0 Å². The van der Waals surface area contributed by atoms with Crippen LogP contribution < -0.4 is 0 Å². The highest BCUT2D eigenvalue weighted by Gasteiger charge is 2.28. The van der Waals surface area contributed by atoms with Crippen LogP contribution in [0, 0.1) is 11.8 Å². The molecule has 0 aromatic heterocycles. The number of likely N-dealkylation sites (tertiary alicyclic amines) is 2. The SMILES string of the molecule is C[C@H]1CCN(CC2CCN(C(C)(C)C)CC2)C1. The molecule has 0 bridgehead atoms. The van der Waals surface area contributed by atoms with E-state index in [1.54, 1.807) is 0 Å². The van der Waals surface area contributed by atoms with Crippen molar-refractivity contribution in [2.45, 2.75) is 52.5 Å². The fourth-order valence-electron chi connectivity index (χ4n) is 3.34. The van der Waals surface area contributed by atoms with E-state index in [2.05, 4.69) is 37.5 Å². The second-order valence-electron chi connectivity index (χ2n) is 7.25. The van der Waals surface area contributed by atoms with Gasteiger partial charge in [-0.15, -0.1) is 0 Å². The van der Waals surface area contributed by atoms with E-state index in [9.17, 15) is 0 Å². The van der Waals surface area contributed by atoms with Crippen molar-refractivity contribution in [3.63, 3.8) is 0 Å². The third-order valence-corrected chi connectivity index (χ3v) is 4.59. The average molecular weight is 238 g/mol. The van der Waals surface area contributed by atoms with Crippen molar-refractivity contribution in [3.8, 4) is 0 Å². The van der Waals surface area contributed by atoms with Crippen LogP contribution in [0.1, 0.15) is 47.0 Å². The lowest BCUT2D eigenvalue weighted by molar-refractivity contribution is 0.0771. The molecule has 17 heavy (non-hydrogen) atoms. The minimum Gasteiger partial charge on any atom is -0.303 e. The number of hydrogen-bond acceptors (Lipinski definition) is 2. The minimum absolute atomic E-state index is 0.368. The Kier molecular flexibility index (Phi) is 4.14. The molecule has 0 aliphatic carbocycles. The lowest BCUT2D eigenvalue weighted by atomic mass is 9.92. The first-order valence-electron chi connectivity index (χ1n) is 7.42. The van der Waals surface area contributed by atoms with Gasteiger partial charge in [-0.3, -0.25) is 4.90 Å². The quantitative estimate of drug-likeness (QED) is 0.730. The number of hydrogen-bond donors (Lipinski definition) is 0. The van der Waals surface area contributed by atoms with Crippen molar-refractivity contribution >= 4 is 0 Å². The van der Waals surface area contributed by atoms with Gasteiger partial charge in [0.25, 0.3) is 0 Å². The molecule has 0 saturated carbocycles. The summed E-state index contributed by atoms with van der Waals surface area (Å²) in [5, 5.41) is 0. The van der Waals surface area contributed by atoms with Gasteiger partial charge in [-0.1, -0.05) is 6.92 Å². The number of rotatable bonds is 2. The van der Waals surface area contributed by atoms with Crippen LogP contribution in [0.15, 0.2) is 0 Å². The smallest absolute Gasteiger partial charge is 0.0125 e. The number of nitrogens with zero attached hydrogens (tertiary/aromatic N) is 2. The molecule has 0 unspecified atom stereocenters. The molecule has 100 valence electrons. The second kappa shape index (κ2) is 5.27. The van der Waals surface area contributed by atoms with Crippen LogP contribution in [0.4, 0.5) is 0 Å². The van der Waals surface area contributed by atoms with Gasteiger partial charge in [0.2, 0.25) is 0 Å². The van der Waals surface area contributed by atoms with Crippen LogP contribution in [0.3, 0.4) is 0 Å². The lowest BCUT2D eigenvalue weighted by Crippen LogP contribution is -2.47. The molecule has 2 heteroatoms. The fraction of sp³-hybridized carbons (Fsp3) is 1.00. The molecule has 2 saturated heterocycles. The molecule has 2 aliphatic rings. The number of piperidine rings is 1. The molecule has 0 spiro atoms. The van der Waals surface area contributed by atoms with Crippen LogP contribution >= 0.6 is 0 Å². The van der Waals surface area contributed by atoms with Crippen molar-refractivity contribution in [1.82, 2.24) is 9.80 Å². The molecular formula is C15H30N2. The van der Waals surface area contributed by atoms with Crippen LogP contribution in [0.25, 0.3) is 0 Å². The van der Waals surface area contributed by atoms with Gasteiger partial charge in [0.1, 0.15) is 0 Å². The average Bonchev–Trinajstić information content (AvgIpc) is 2.63. The summed E-state index contributed by atoms with van der Waals surface area (Å²) in [6.45, 7) is 16.1. The highest BCUT2D eigenvalue weighted by Crippen LogP contribution is 2.26. The maximum absolute atomic E-state index is 2.70. The highest BCUT2D eigenvalue weighted by molar-refractivity contribution is 4.84. The first-order chi connectivity index (χ1) is 7.95. The summed E-state index contributed by atoms with van der Waals surface area (Å²) in [6.07, 6.45) is 4.23. The summed E-state index contributed by atoms with van der Waals surface area (Å²) >= 11 is 0. The van der Waals surface area contributed by atoms with Crippen LogP contribution in [0.5, 0.6) is 0 Å². The Morgan fingerprint density at radius 1 is 1.00 bits per heavy atom. The Morgan fingerprint density at radius 2 is 1.65 bits per heavy atom. The Balaban J connectivity index is 1.72. The van der Waals surface area contributed by atoms with Crippen LogP contribution in [0.2, 0.25) is 0 Å². The molecule has 2 aliphatic heterocycles. The monoisotopic (exact) mass is 238 g/mol. The molecule has 0 amide bonds. The highest BCUT2D eigenvalue weighted by atomic mass is 15.2. The van der Waals surface area contributed by atoms with E-state index < -0.39 is 0 Å². The van der Waals surface area contributed by atoms with Gasteiger partial charge in [0, 0.05) is 18.6 Å². The Hall–Kier alpha value is -0.0800. The maximum atomic E-state index is 2.70. The van der Waals surface area contributed by atoms with Crippen molar-refractivity contribution < 1.29 is 0 Å². The van der Waals surface area contributed by atoms with E-state index in [0.29, 0.717) is 5.54 Å². The molecule has 0 aromatic rings. The first-order valence-corrected chi connectivity index (χ1v) is 7.42. The molecule has 2 fully saturated rings. The predicted octanol–water partition coefficient (Wildman–Crippen LogP) is 2.84. The summed E-state index contributed by atoms with van der Waals surface area (Å²) in [5.74, 6) is 1.89. The molecule has 0 N–H and O–H groups in total. The summed E-state index contributed by atoms with van der Waals surface area (Å²) in [5.41, 5.74) is 0.368. The standard InChI is InChI=1S/C15H30N2/c1-13-5-8-16(11-13)12-14-6-9-17(10-7-14)15(2,3)4/h13-14H,5-12H2,1-4H3/t13-/m0/s1. The van der Waals surface area contributed by atoms with Crippen molar-refractivity contribution in [2.24, 2.45) is 11.8 Å². The summed E-state index contributed by atoms with van der Waals surface area (Å²) in [6, 6.07) is 0. The van der Waals surface area contributed by atoms with Gasteiger partial charge < -0.3 is 4.90 Å². The lowest BCUT2D eigenvalue weighted by Gasteiger charge is -2.41. The van der Waals surface area contributed by atoms with Gasteiger partial charge in [-0.25, -0.2) is 0 Å². The molecule has 2 nitrogen and oxygen atoms in total. The van der Waals surface area contributed by atoms with Gasteiger partial charge in [0.05, 0.1) is 0 Å². The van der Waals surface area contributed by atoms with E-state index in [-0.39, 0.29) is 0 Å². The van der Waals surface area contributed by atoms with Gasteiger partial charge in [0.15, 0.2) is 0 Å². The summed E-state index contributed by atoms with van der Waals surface area (Å²) < 4.78 is 0. The van der Waals surface area contributed by atoms with Crippen molar-refractivity contribution in [1.29, 1.82) is 0 Å².